The van der Waals surface area contributed by atoms with Crippen molar-refractivity contribution < 1.29 is 0 Å². The molecular formula is C17H22N4. The Hall–Kier alpha value is -2.10. The normalized spacial score (nSPS) is 18.6. The fourth-order valence-electron chi connectivity index (χ4n) is 2.84. The number of anilines is 2. The number of hydrogen-bond donors (Lipinski definition) is 1. The lowest BCUT2D eigenvalue weighted by Gasteiger charge is -2.32. The maximum atomic E-state index is 4.78. The quantitative estimate of drug-likeness (QED) is 0.936. The van der Waals surface area contributed by atoms with Crippen LogP contribution in [0.2, 0.25) is 0 Å². The predicted octanol–water partition coefficient (Wildman–Crippen LogP) is 3.42. The Kier molecular flexibility index (Phi) is 4.04. The van der Waals surface area contributed by atoms with Crippen molar-refractivity contribution in [1.82, 2.24) is 9.97 Å². The van der Waals surface area contributed by atoms with E-state index in [1.807, 2.05) is 31.3 Å². The highest BCUT2D eigenvalue weighted by Gasteiger charge is 2.19. The van der Waals surface area contributed by atoms with Gasteiger partial charge in [-0.3, -0.25) is 0 Å². The van der Waals surface area contributed by atoms with E-state index in [0.29, 0.717) is 0 Å². The van der Waals surface area contributed by atoms with Crippen LogP contribution in [0, 0.1) is 5.92 Å². The Labute approximate surface area is 126 Å². The van der Waals surface area contributed by atoms with E-state index in [-0.39, 0.29) is 0 Å². The largest absolute Gasteiger partial charge is 0.373 e. The van der Waals surface area contributed by atoms with Gasteiger partial charge in [0.25, 0.3) is 0 Å². The molecule has 0 saturated carbocycles. The number of aromatic nitrogens is 2. The average Bonchev–Trinajstić information content (AvgIpc) is 2.55. The Morgan fingerprint density at radius 2 is 2.00 bits per heavy atom. The highest BCUT2D eigenvalue weighted by atomic mass is 15.2. The SMILES string of the molecule is CNc1cc(N2CCCC(C)C2)nc(-c2ccccc2)n1. The lowest BCUT2D eigenvalue weighted by Crippen LogP contribution is -2.35. The van der Waals surface area contributed by atoms with Crippen LogP contribution in [0.1, 0.15) is 19.8 Å². The molecule has 0 amide bonds. The van der Waals surface area contributed by atoms with Gasteiger partial charge >= 0.3 is 0 Å². The molecule has 1 atom stereocenters. The van der Waals surface area contributed by atoms with E-state index in [0.717, 1.165) is 42.0 Å². The van der Waals surface area contributed by atoms with E-state index in [2.05, 4.69) is 34.3 Å². The number of nitrogens with zero attached hydrogens (tertiary/aromatic N) is 3. The van der Waals surface area contributed by atoms with Gasteiger partial charge in [0.2, 0.25) is 0 Å². The van der Waals surface area contributed by atoms with Gasteiger partial charge in [0.15, 0.2) is 5.82 Å². The molecular weight excluding hydrogens is 260 g/mol. The third-order valence-corrected chi connectivity index (χ3v) is 3.98. The molecule has 110 valence electrons. The minimum Gasteiger partial charge on any atom is -0.373 e. The Bertz CT molecular complexity index is 597. The number of piperidine rings is 1. The molecule has 1 aliphatic rings. The topological polar surface area (TPSA) is 41.0 Å². The monoisotopic (exact) mass is 282 g/mol. The van der Waals surface area contributed by atoms with Crippen LogP contribution in [0.5, 0.6) is 0 Å². The van der Waals surface area contributed by atoms with Crippen LogP contribution in [-0.4, -0.2) is 30.1 Å². The van der Waals surface area contributed by atoms with Gasteiger partial charge < -0.3 is 10.2 Å². The second-order valence-corrected chi connectivity index (χ2v) is 5.74. The molecule has 1 aromatic heterocycles. The second-order valence-electron chi connectivity index (χ2n) is 5.74. The lowest BCUT2D eigenvalue weighted by atomic mass is 10.0. The Morgan fingerprint density at radius 3 is 2.71 bits per heavy atom. The summed E-state index contributed by atoms with van der Waals surface area (Å²) in [7, 11) is 1.90. The molecule has 1 aromatic carbocycles. The van der Waals surface area contributed by atoms with Gasteiger partial charge in [-0.05, 0) is 18.8 Å². The number of hydrogen-bond acceptors (Lipinski definition) is 4. The molecule has 0 bridgehead atoms. The first-order valence-corrected chi connectivity index (χ1v) is 7.63. The molecule has 4 nitrogen and oxygen atoms in total. The fraction of sp³-hybridized carbons (Fsp3) is 0.412. The number of rotatable bonds is 3. The molecule has 1 fully saturated rings. The highest BCUT2D eigenvalue weighted by molar-refractivity contribution is 5.61. The van der Waals surface area contributed by atoms with Gasteiger partial charge in [-0.2, -0.15) is 0 Å². The molecule has 1 unspecified atom stereocenters. The minimum absolute atomic E-state index is 0.729. The van der Waals surface area contributed by atoms with Gasteiger partial charge in [0.05, 0.1) is 0 Å². The second kappa shape index (κ2) is 6.12. The summed E-state index contributed by atoms with van der Waals surface area (Å²) in [5.41, 5.74) is 1.06. The molecule has 0 aliphatic carbocycles. The van der Waals surface area contributed by atoms with Gasteiger partial charge in [-0.15, -0.1) is 0 Å². The van der Waals surface area contributed by atoms with Crippen molar-refractivity contribution in [1.29, 1.82) is 0 Å². The maximum Gasteiger partial charge on any atom is 0.163 e. The zero-order chi connectivity index (χ0) is 14.7. The van der Waals surface area contributed by atoms with Gasteiger partial charge in [0.1, 0.15) is 11.6 Å². The van der Waals surface area contributed by atoms with Crippen LogP contribution in [0.25, 0.3) is 11.4 Å². The first-order chi connectivity index (χ1) is 10.3. The maximum absolute atomic E-state index is 4.78. The zero-order valence-electron chi connectivity index (χ0n) is 12.7. The summed E-state index contributed by atoms with van der Waals surface area (Å²) >= 11 is 0. The van der Waals surface area contributed by atoms with E-state index >= 15 is 0 Å². The van der Waals surface area contributed by atoms with E-state index in [1.54, 1.807) is 0 Å². The van der Waals surface area contributed by atoms with Gasteiger partial charge in [0, 0.05) is 31.8 Å². The standard InChI is InChI=1S/C17H22N4/c1-13-7-6-10-21(12-13)16-11-15(18-2)19-17(20-16)14-8-4-3-5-9-14/h3-5,8-9,11,13H,6-7,10,12H2,1-2H3,(H,18,19,20). The third kappa shape index (κ3) is 3.15. The van der Waals surface area contributed by atoms with E-state index in [9.17, 15) is 0 Å². The van der Waals surface area contributed by atoms with Gasteiger partial charge in [-0.1, -0.05) is 37.3 Å². The lowest BCUT2D eigenvalue weighted by molar-refractivity contribution is 0.444. The predicted molar refractivity (Wildman–Crippen MR) is 87.6 cm³/mol. The van der Waals surface area contributed by atoms with E-state index < -0.39 is 0 Å². The molecule has 1 saturated heterocycles. The first-order valence-electron chi connectivity index (χ1n) is 7.63. The van der Waals surface area contributed by atoms with Crippen LogP contribution in [0.15, 0.2) is 36.4 Å². The van der Waals surface area contributed by atoms with Crippen molar-refractivity contribution >= 4 is 11.6 Å². The van der Waals surface area contributed by atoms with E-state index in [1.165, 1.54) is 12.8 Å². The third-order valence-electron chi connectivity index (χ3n) is 3.98. The zero-order valence-corrected chi connectivity index (χ0v) is 12.7. The van der Waals surface area contributed by atoms with Crippen molar-refractivity contribution in [2.75, 3.05) is 30.4 Å². The number of nitrogens with one attached hydrogen (secondary N) is 1. The van der Waals surface area contributed by atoms with Gasteiger partial charge in [-0.25, -0.2) is 9.97 Å². The van der Waals surface area contributed by atoms with Crippen LogP contribution in [0.3, 0.4) is 0 Å². The summed E-state index contributed by atoms with van der Waals surface area (Å²) in [5, 5.41) is 3.15. The molecule has 21 heavy (non-hydrogen) atoms. The molecule has 4 heteroatoms. The van der Waals surface area contributed by atoms with Crippen molar-refractivity contribution in [2.45, 2.75) is 19.8 Å². The fourth-order valence-corrected chi connectivity index (χ4v) is 2.84. The van der Waals surface area contributed by atoms with Crippen LogP contribution < -0.4 is 10.2 Å². The van der Waals surface area contributed by atoms with Crippen LogP contribution in [-0.2, 0) is 0 Å². The van der Waals surface area contributed by atoms with Crippen molar-refractivity contribution in [3.05, 3.63) is 36.4 Å². The molecule has 0 radical (unpaired) electrons. The minimum atomic E-state index is 0.729. The number of benzene rings is 1. The van der Waals surface area contributed by atoms with Crippen LogP contribution in [0.4, 0.5) is 11.6 Å². The van der Waals surface area contributed by atoms with Crippen molar-refractivity contribution in [2.24, 2.45) is 5.92 Å². The molecule has 2 heterocycles. The molecule has 1 N–H and O–H groups in total. The summed E-state index contributed by atoms with van der Waals surface area (Å²) in [4.78, 5) is 11.7. The molecule has 2 aromatic rings. The smallest absolute Gasteiger partial charge is 0.163 e. The Balaban J connectivity index is 1.97. The summed E-state index contributed by atoms with van der Waals surface area (Å²) in [5.74, 6) is 3.42. The summed E-state index contributed by atoms with van der Waals surface area (Å²) < 4.78 is 0. The summed E-state index contributed by atoms with van der Waals surface area (Å²) in [6.45, 7) is 4.47. The summed E-state index contributed by atoms with van der Waals surface area (Å²) in [6, 6.07) is 12.2. The highest BCUT2D eigenvalue weighted by Crippen LogP contribution is 2.26. The van der Waals surface area contributed by atoms with Crippen LogP contribution >= 0.6 is 0 Å². The Morgan fingerprint density at radius 1 is 1.19 bits per heavy atom. The first kappa shape index (κ1) is 13.9. The average molecular weight is 282 g/mol. The van der Waals surface area contributed by atoms with Crippen molar-refractivity contribution in [3.63, 3.8) is 0 Å². The molecule has 1 aliphatic heterocycles. The van der Waals surface area contributed by atoms with Crippen molar-refractivity contribution in [3.8, 4) is 11.4 Å². The summed E-state index contributed by atoms with van der Waals surface area (Å²) in [6.07, 6.45) is 2.55. The molecule has 0 spiro atoms. The molecule has 3 rings (SSSR count). The van der Waals surface area contributed by atoms with E-state index in [4.69, 9.17) is 4.98 Å².